The van der Waals surface area contributed by atoms with E-state index in [0.717, 1.165) is 44.5 Å². The van der Waals surface area contributed by atoms with Gasteiger partial charge in [-0.05, 0) is 54.4 Å². The van der Waals surface area contributed by atoms with Gasteiger partial charge in [0.1, 0.15) is 11.2 Å². The van der Waals surface area contributed by atoms with Crippen LogP contribution in [0, 0.1) is 0 Å². The Morgan fingerprint density at radius 1 is 0.970 bits per heavy atom. The average molecular weight is 453 g/mol. The summed E-state index contributed by atoms with van der Waals surface area (Å²) in [6, 6.07) is 8.54. The minimum absolute atomic E-state index is 0.323. The van der Waals surface area contributed by atoms with Crippen LogP contribution in [-0.4, -0.2) is 41.2 Å². The highest BCUT2D eigenvalue weighted by atomic mass is 32.1. The molecule has 0 bridgehead atoms. The molecule has 6 aromatic heterocycles. The summed E-state index contributed by atoms with van der Waals surface area (Å²) >= 11 is 1.66. The lowest BCUT2D eigenvalue weighted by molar-refractivity contribution is 0.898. The zero-order chi connectivity index (χ0) is 22.4. The van der Waals surface area contributed by atoms with Gasteiger partial charge in [-0.25, -0.2) is 15.0 Å². The molecule has 0 fully saturated rings. The molecule has 6 aromatic rings. The number of anilines is 1. The van der Waals surface area contributed by atoms with Gasteiger partial charge < -0.3 is 10.3 Å². The quantitative estimate of drug-likeness (QED) is 0.318. The van der Waals surface area contributed by atoms with Crippen molar-refractivity contribution >= 4 is 39.2 Å². The molecule has 0 aliphatic rings. The predicted octanol–water partition coefficient (Wildman–Crippen LogP) is 5.51. The molecule has 162 valence electrons. The lowest BCUT2D eigenvalue weighted by Gasteiger charge is -2.10. The molecular formula is C24H20N8S. The predicted molar refractivity (Wildman–Crippen MR) is 132 cm³/mol. The molecule has 3 N–H and O–H groups in total. The normalized spacial score (nSPS) is 11.6. The van der Waals surface area contributed by atoms with E-state index in [1.54, 1.807) is 17.5 Å². The number of aromatic amines is 2. The fourth-order valence-corrected chi connectivity index (χ4v) is 4.58. The van der Waals surface area contributed by atoms with Crippen LogP contribution in [-0.2, 0) is 0 Å². The first kappa shape index (κ1) is 19.6. The van der Waals surface area contributed by atoms with E-state index >= 15 is 0 Å². The second kappa shape index (κ2) is 7.79. The van der Waals surface area contributed by atoms with Gasteiger partial charge in [-0.15, -0.1) is 0 Å². The Balaban J connectivity index is 1.45. The minimum Gasteiger partial charge on any atom is -0.382 e. The van der Waals surface area contributed by atoms with Crippen LogP contribution in [0.15, 0.2) is 59.8 Å². The number of hydrogen-bond acceptors (Lipinski definition) is 7. The minimum atomic E-state index is 0.323. The van der Waals surface area contributed by atoms with Gasteiger partial charge in [-0.3, -0.25) is 10.1 Å². The van der Waals surface area contributed by atoms with E-state index in [1.165, 1.54) is 0 Å². The lowest BCUT2D eigenvalue weighted by Crippen LogP contribution is -2.09. The molecule has 0 atom stereocenters. The van der Waals surface area contributed by atoms with Crippen LogP contribution in [0.3, 0.4) is 0 Å². The maximum atomic E-state index is 4.86. The zero-order valence-corrected chi connectivity index (χ0v) is 18.8. The molecular weight excluding hydrogens is 432 g/mol. The second-order valence-electron chi connectivity index (χ2n) is 8.11. The third-order valence-corrected chi connectivity index (χ3v) is 6.07. The highest BCUT2D eigenvalue weighted by Crippen LogP contribution is 2.32. The summed E-state index contributed by atoms with van der Waals surface area (Å²) < 4.78 is 0. The molecule has 0 aliphatic carbocycles. The second-order valence-corrected chi connectivity index (χ2v) is 8.89. The van der Waals surface area contributed by atoms with Crippen molar-refractivity contribution in [2.75, 3.05) is 5.32 Å². The van der Waals surface area contributed by atoms with Crippen LogP contribution in [0.5, 0.6) is 0 Å². The summed E-state index contributed by atoms with van der Waals surface area (Å²) in [5.41, 5.74) is 8.04. The largest absolute Gasteiger partial charge is 0.382 e. The van der Waals surface area contributed by atoms with Crippen LogP contribution in [0.25, 0.3) is 56.0 Å². The van der Waals surface area contributed by atoms with Gasteiger partial charge in [0.2, 0.25) is 0 Å². The number of thiophene rings is 1. The van der Waals surface area contributed by atoms with E-state index in [-0.39, 0.29) is 0 Å². The van der Waals surface area contributed by atoms with Crippen molar-refractivity contribution in [1.29, 1.82) is 0 Å². The summed E-state index contributed by atoms with van der Waals surface area (Å²) in [5.74, 6) is 0.652. The fraction of sp³-hybridized carbons (Fsp3) is 0.125. The standard InChI is InChI=1S/C24H20N8S/c1-13(2)28-17-7-15(9-25-11-17)16-8-19-21(31-32-22(19)27-10-16)24-29-20-18(14-4-6-33-12-14)3-5-26-23(20)30-24/h3-13,28H,1-2H3,(H,26,29,30)(H,27,31,32). The van der Waals surface area contributed by atoms with Crippen molar-refractivity contribution in [2.45, 2.75) is 19.9 Å². The molecule has 0 aliphatic heterocycles. The molecule has 0 spiro atoms. The number of imidazole rings is 1. The third kappa shape index (κ3) is 3.52. The van der Waals surface area contributed by atoms with Gasteiger partial charge in [0.25, 0.3) is 0 Å². The highest BCUT2D eigenvalue weighted by Gasteiger charge is 2.17. The van der Waals surface area contributed by atoms with Crippen LogP contribution in [0.2, 0.25) is 0 Å². The maximum Gasteiger partial charge on any atom is 0.161 e. The van der Waals surface area contributed by atoms with E-state index in [0.29, 0.717) is 23.2 Å². The first-order valence-corrected chi connectivity index (χ1v) is 11.5. The number of aromatic nitrogens is 7. The topological polar surface area (TPSA) is 108 Å². The molecule has 0 amide bonds. The number of fused-ring (bicyclic) bond motifs is 2. The summed E-state index contributed by atoms with van der Waals surface area (Å²) in [6.45, 7) is 4.20. The molecule has 0 saturated heterocycles. The lowest BCUT2D eigenvalue weighted by atomic mass is 10.1. The molecule has 0 saturated carbocycles. The van der Waals surface area contributed by atoms with Crippen LogP contribution in [0.1, 0.15) is 13.8 Å². The zero-order valence-electron chi connectivity index (χ0n) is 18.0. The summed E-state index contributed by atoms with van der Waals surface area (Å²) in [7, 11) is 0. The SMILES string of the molecule is CC(C)Nc1cncc(-c2cnc3[nH]nc(-c4nc5c(-c6ccsc6)ccnc5[nH]4)c3c2)c1. The van der Waals surface area contributed by atoms with E-state index in [1.807, 2.05) is 24.7 Å². The van der Waals surface area contributed by atoms with Gasteiger partial charge in [-0.1, -0.05) is 0 Å². The van der Waals surface area contributed by atoms with Crippen molar-refractivity contribution in [3.63, 3.8) is 0 Å². The van der Waals surface area contributed by atoms with Crippen molar-refractivity contribution in [2.24, 2.45) is 0 Å². The summed E-state index contributed by atoms with van der Waals surface area (Å²) in [5, 5.41) is 16.0. The Morgan fingerprint density at radius 3 is 2.73 bits per heavy atom. The first-order chi connectivity index (χ1) is 16.2. The van der Waals surface area contributed by atoms with Crippen molar-refractivity contribution in [3.8, 4) is 33.8 Å². The van der Waals surface area contributed by atoms with Gasteiger partial charge in [0.05, 0.1) is 11.1 Å². The van der Waals surface area contributed by atoms with E-state index in [4.69, 9.17) is 4.98 Å². The van der Waals surface area contributed by atoms with Gasteiger partial charge >= 0.3 is 0 Å². The smallest absolute Gasteiger partial charge is 0.161 e. The monoisotopic (exact) mass is 452 g/mol. The fourth-order valence-electron chi connectivity index (χ4n) is 3.93. The molecule has 6 rings (SSSR count). The number of pyridine rings is 3. The van der Waals surface area contributed by atoms with Crippen LogP contribution < -0.4 is 5.32 Å². The highest BCUT2D eigenvalue weighted by molar-refractivity contribution is 7.08. The number of H-pyrrole nitrogens is 2. The van der Waals surface area contributed by atoms with Crippen molar-refractivity contribution in [1.82, 2.24) is 35.1 Å². The third-order valence-electron chi connectivity index (χ3n) is 5.38. The Kier molecular flexibility index (Phi) is 4.62. The molecule has 6 heterocycles. The molecule has 8 nitrogen and oxygen atoms in total. The van der Waals surface area contributed by atoms with E-state index in [2.05, 4.69) is 78.3 Å². The van der Waals surface area contributed by atoms with Crippen LogP contribution >= 0.6 is 11.3 Å². The average Bonchev–Trinajstić information content (AvgIpc) is 3.57. The van der Waals surface area contributed by atoms with Crippen LogP contribution in [0.4, 0.5) is 5.69 Å². The molecule has 0 aromatic carbocycles. The first-order valence-electron chi connectivity index (χ1n) is 10.6. The van der Waals surface area contributed by atoms with Gasteiger partial charge in [0, 0.05) is 47.5 Å². The number of rotatable bonds is 5. The Morgan fingerprint density at radius 2 is 1.88 bits per heavy atom. The summed E-state index contributed by atoms with van der Waals surface area (Å²) in [6.07, 6.45) is 7.29. The Hall–Kier alpha value is -4.11. The molecule has 0 unspecified atom stereocenters. The molecule has 9 heteroatoms. The van der Waals surface area contributed by atoms with Crippen molar-refractivity contribution in [3.05, 3.63) is 59.8 Å². The van der Waals surface area contributed by atoms with Gasteiger partial charge in [-0.2, -0.15) is 16.4 Å². The molecule has 33 heavy (non-hydrogen) atoms. The van der Waals surface area contributed by atoms with Crippen molar-refractivity contribution < 1.29 is 0 Å². The Labute approximate surface area is 193 Å². The summed E-state index contributed by atoms with van der Waals surface area (Å²) in [4.78, 5) is 21.6. The van der Waals surface area contributed by atoms with E-state index < -0.39 is 0 Å². The molecule has 0 radical (unpaired) electrons. The number of nitrogens with zero attached hydrogens (tertiary/aromatic N) is 5. The Bertz CT molecular complexity index is 1580. The number of nitrogens with one attached hydrogen (secondary N) is 3. The number of hydrogen-bond donors (Lipinski definition) is 3. The van der Waals surface area contributed by atoms with E-state index in [9.17, 15) is 0 Å². The maximum absolute atomic E-state index is 4.86. The van der Waals surface area contributed by atoms with Gasteiger partial charge in [0.15, 0.2) is 17.1 Å².